The molecule has 0 spiro atoms. The van der Waals surface area contributed by atoms with Crippen molar-refractivity contribution in [2.45, 2.75) is 13.3 Å². The van der Waals surface area contributed by atoms with Crippen LogP contribution < -0.4 is 10.6 Å². The van der Waals surface area contributed by atoms with Crippen LogP contribution in [0.3, 0.4) is 0 Å². The van der Waals surface area contributed by atoms with Crippen LogP contribution in [0.25, 0.3) is 0 Å². The molecule has 0 saturated carbocycles. The van der Waals surface area contributed by atoms with E-state index in [4.69, 9.17) is 4.74 Å². The van der Waals surface area contributed by atoms with E-state index < -0.39 is 18.5 Å². The van der Waals surface area contributed by atoms with Crippen LogP contribution in [0, 0.1) is 0 Å². The van der Waals surface area contributed by atoms with E-state index in [-0.39, 0.29) is 5.91 Å². The van der Waals surface area contributed by atoms with Crippen LogP contribution in [0.2, 0.25) is 0 Å². The highest BCUT2D eigenvalue weighted by Gasteiger charge is 2.14. The maximum absolute atomic E-state index is 12.5. The van der Waals surface area contributed by atoms with Crippen LogP contribution in [0.1, 0.15) is 28.4 Å². The highest BCUT2D eigenvalue weighted by molar-refractivity contribution is 5.96. The molecule has 0 heterocycles. The summed E-state index contributed by atoms with van der Waals surface area (Å²) in [5, 5.41) is 5.30. The quantitative estimate of drug-likeness (QED) is 0.585. The normalized spacial score (nSPS) is 10.2. The van der Waals surface area contributed by atoms with Gasteiger partial charge in [0.1, 0.15) is 0 Å². The molecule has 6 nitrogen and oxygen atoms in total. The Hall–Kier alpha value is -3.93. The van der Waals surface area contributed by atoms with E-state index >= 15 is 0 Å². The first kappa shape index (κ1) is 20.8. The van der Waals surface area contributed by atoms with Crippen LogP contribution in [-0.2, 0) is 20.7 Å². The van der Waals surface area contributed by atoms with E-state index in [2.05, 4.69) is 10.6 Å². The van der Waals surface area contributed by atoms with Gasteiger partial charge in [-0.15, -0.1) is 0 Å². The zero-order valence-electron chi connectivity index (χ0n) is 16.6. The standard InChI is InChI=1S/C24H22N2O4/c1-17(27)25-20-11-13-21(14-12-20)26-23(28)16-30-24(29)22-10-6-5-9-19(22)15-18-7-3-2-4-8-18/h2-14H,15-16H2,1H3,(H,25,27)(H,26,28). The predicted molar refractivity (Wildman–Crippen MR) is 115 cm³/mol. The van der Waals surface area contributed by atoms with Gasteiger partial charge in [-0.3, -0.25) is 9.59 Å². The first-order valence-corrected chi connectivity index (χ1v) is 9.48. The van der Waals surface area contributed by atoms with E-state index in [1.807, 2.05) is 42.5 Å². The van der Waals surface area contributed by atoms with Gasteiger partial charge in [0.25, 0.3) is 5.91 Å². The van der Waals surface area contributed by atoms with Gasteiger partial charge >= 0.3 is 5.97 Å². The van der Waals surface area contributed by atoms with Crippen molar-refractivity contribution in [3.05, 3.63) is 95.6 Å². The first-order valence-electron chi connectivity index (χ1n) is 9.48. The van der Waals surface area contributed by atoms with Gasteiger partial charge < -0.3 is 15.4 Å². The molecule has 152 valence electrons. The summed E-state index contributed by atoms with van der Waals surface area (Å²) < 4.78 is 5.21. The average Bonchev–Trinajstić information content (AvgIpc) is 2.74. The Bertz CT molecular complexity index is 1030. The SMILES string of the molecule is CC(=O)Nc1ccc(NC(=O)COC(=O)c2ccccc2Cc2ccccc2)cc1. The summed E-state index contributed by atoms with van der Waals surface area (Å²) in [4.78, 5) is 35.7. The lowest BCUT2D eigenvalue weighted by Crippen LogP contribution is -2.21. The van der Waals surface area contributed by atoms with Gasteiger partial charge in [0.15, 0.2) is 6.61 Å². The summed E-state index contributed by atoms with van der Waals surface area (Å²) in [7, 11) is 0. The monoisotopic (exact) mass is 402 g/mol. The topological polar surface area (TPSA) is 84.5 Å². The number of hydrogen-bond donors (Lipinski definition) is 2. The number of esters is 1. The van der Waals surface area contributed by atoms with Crippen molar-refractivity contribution in [3.63, 3.8) is 0 Å². The lowest BCUT2D eigenvalue weighted by molar-refractivity contribution is -0.119. The molecular weight excluding hydrogens is 380 g/mol. The molecule has 0 aliphatic heterocycles. The number of benzene rings is 3. The summed E-state index contributed by atoms with van der Waals surface area (Å²) in [6.07, 6.45) is 0.596. The Labute approximate surface area is 174 Å². The van der Waals surface area contributed by atoms with Gasteiger partial charge in [0, 0.05) is 18.3 Å². The molecule has 3 aromatic carbocycles. The molecule has 30 heavy (non-hydrogen) atoms. The number of carbonyl (C=O) groups excluding carboxylic acids is 3. The first-order chi connectivity index (χ1) is 14.5. The second-order valence-corrected chi connectivity index (χ2v) is 6.70. The molecule has 2 amide bonds. The van der Waals surface area contributed by atoms with E-state index in [1.54, 1.807) is 36.4 Å². The maximum Gasteiger partial charge on any atom is 0.338 e. The summed E-state index contributed by atoms with van der Waals surface area (Å²) in [6.45, 7) is 1.02. The van der Waals surface area contributed by atoms with E-state index in [1.165, 1.54) is 6.92 Å². The third kappa shape index (κ3) is 6.04. The molecule has 0 radical (unpaired) electrons. The largest absolute Gasteiger partial charge is 0.452 e. The number of amides is 2. The molecule has 0 aromatic heterocycles. The number of nitrogens with one attached hydrogen (secondary N) is 2. The van der Waals surface area contributed by atoms with Crippen molar-refractivity contribution in [3.8, 4) is 0 Å². The third-order valence-corrected chi connectivity index (χ3v) is 4.30. The molecule has 3 rings (SSSR count). The Kier molecular flexibility index (Phi) is 6.95. The summed E-state index contributed by atoms with van der Waals surface area (Å²) in [5.41, 5.74) is 3.52. The summed E-state index contributed by atoms with van der Waals surface area (Å²) in [6, 6.07) is 23.7. The lowest BCUT2D eigenvalue weighted by atomic mass is 10.00. The highest BCUT2D eigenvalue weighted by atomic mass is 16.5. The fraction of sp³-hybridized carbons (Fsp3) is 0.125. The Morgan fingerprint density at radius 2 is 1.37 bits per heavy atom. The smallest absolute Gasteiger partial charge is 0.338 e. The van der Waals surface area contributed by atoms with Crippen molar-refractivity contribution >= 4 is 29.2 Å². The molecule has 2 N–H and O–H groups in total. The Morgan fingerprint density at radius 3 is 2.03 bits per heavy atom. The molecule has 0 aliphatic carbocycles. The summed E-state index contributed by atoms with van der Waals surface area (Å²) >= 11 is 0. The van der Waals surface area contributed by atoms with E-state index in [0.29, 0.717) is 23.4 Å². The fourth-order valence-corrected chi connectivity index (χ4v) is 2.94. The molecule has 0 saturated heterocycles. The van der Waals surface area contributed by atoms with Crippen LogP contribution >= 0.6 is 0 Å². The zero-order valence-corrected chi connectivity index (χ0v) is 16.6. The van der Waals surface area contributed by atoms with E-state index in [0.717, 1.165) is 11.1 Å². The second-order valence-electron chi connectivity index (χ2n) is 6.70. The van der Waals surface area contributed by atoms with Gasteiger partial charge in [-0.1, -0.05) is 48.5 Å². The zero-order chi connectivity index (χ0) is 21.3. The van der Waals surface area contributed by atoms with E-state index in [9.17, 15) is 14.4 Å². The van der Waals surface area contributed by atoms with Gasteiger partial charge in [-0.25, -0.2) is 4.79 Å². The van der Waals surface area contributed by atoms with Gasteiger partial charge in [-0.2, -0.15) is 0 Å². The maximum atomic E-state index is 12.5. The molecule has 6 heteroatoms. The number of hydrogen-bond acceptors (Lipinski definition) is 4. The summed E-state index contributed by atoms with van der Waals surface area (Å²) in [5.74, 6) is -1.17. The number of anilines is 2. The minimum Gasteiger partial charge on any atom is -0.452 e. The fourth-order valence-electron chi connectivity index (χ4n) is 2.94. The van der Waals surface area contributed by atoms with Gasteiger partial charge in [-0.05, 0) is 47.9 Å². The third-order valence-electron chi connectivity index (χ3n) is 4.30. The van der Waals surface area contributed by atoms with Crippen LogP contribution in [0.4, 0.5) is 11.4 Å². The van der Waals surface area contributed by atoms with Gasteiger partial charge in [0.2, 0.25) is 5.91 Å². The van der Waals surface area contributed by atoms with Crippen molar-refractivity contribution in [1.29, 1.82) is 0 Å². The van der Waals surface area contributed by atoms with Gasteiger partial charge in [0.05, 0.1) is 5.56 Å². The van der Waals surface area contributed by atoms with Crippen molar-refractivity contribution in [1.82, 2.24) is 0 Å². The average molecular weight is 402 g/mol. The molecule has 3 aromatic rings. The molecule has 0 bridgehead atoms. The van der Waals surface area contributed by atoms with Crippen LogP contribution in [0.15, 0.2) is 78.9 Å². The molecule has 0 fully saturated rings. The predicted octanol–water partition coefficient (Wildman–Crippen LogP) is 4.03. The Morgan fingerprint density at radius 1 is 0.767 bits per heavy atom. The lowest BCUT2D eigenvalue weighted by Gasteiger charge is -2.10. The minimum absolute atomic E-state index is 0.175. The van der Waals surface area contributed by atoms with Crippen molar-refractivity contribution in [2.24, 2.45) is 0 Å². The van der Waals surface area contributed by atoms with Crippen molar-refractivity contribution < 1.29 is 19.1 Å². The molecule has 0 atom stereocenters. The van der Waals surface area contributed by atoms with Crippen LogP contribution in [0.5, 0.6) is 0 Å². The Balaban J connectivity index is 1.56. The molecular formula is C24H22N2O4. The minimum atomic E-state index is -0.544. The highest BCUT2D eigenvalue weighted by Crippen LogP contribution is 2.16. The number of carbonyl (C=O) groups is 3. The second kappa shape index (κ2) is 10.0. The molecule has 0 unspecified atom stereocenters. The van der Waals surface area contributed by atoms with Crippen LogP contribution in [-0.4, -0.2) is 24.4 Å². The number of rotatable bonds is 7. The number of ether oxygens (including phenoxy) is 1. The van der Waals surface area contributed by atoms with Crippen molar-refractivity contribution in [2.75, 3.05) is 17.2 Å². The molecule has 0 aliphatic rings.